The second-order valence-corrected chi connectivity index (χ2v) is 4.99. The Morgan fingerprint density at radius 3 is 2.75 bits per heavy atom. The summed E-state index contributed by atoms with van der Waals surface area (Å²) < 4.78 is 0. The van der Waals surface area contributed by atoms with Crippen molar-refractivity contribution in [2.75, 3.05) is 19.6 Å². The van der Waals surface area contributed by atoms with Crippen LogP contribution in [-0.4, -0.2) is 36.5 Å². The van der Waals surface area contributed by atoms with Gasteiger partial charge in [0.15, 0.2) is 0 Å². The molecule has 108 valence electrons. The summed E-state index contributed by atoms with van der Waals surface area (Å²) in [6.07, 6.45) is 2.08. The molecule has 0 radical (unpaired) electrons. The molecule has 1 aliphatic heterocycles. The van der Waals surface area contributed by atoms with Crippen LogP contribution >= 0.6 is 0 Å². The number of aryl methyl sites for hydroxylation is 1. The molecule has 1 aromatic rings. The van der Waals surface area contributed by atoms with Gasteiger partial charge in [-0.05, 0) is 37.4 Å². The van der Waals surface area contributed by atoms with E-state index in [9.17, 15) is 9.59 Å². The van der Waals surface area contributed by atoms with Gasteiger partial charge < -0.3 is 5.32 Å². The van der Waals surface area contributed by atoms with Crippen molar-refractivity contribution in [2.24, 2.45) is 0 Å². The van der Waals surface area contributed by atoms with E-state index in [1.807, 2.05) is 13.0 Å². The van der Waals surface area contributed by atoms with Crippen LogP contribution in [0.3, 0.4) is 0 Å². The van der Waals surface area contributed by atoms with E-state index in [1.54, 1.807) is 0 Å². The van der Waals surface area contributed by atoms with Crippen molar-refractivity contribution in [3.8, 4) is 0 Å². The van der Waals surface area contributed by atoms with Crippen molar-refractivity contribution in [3.05, 3.63) is 35.4 Å². The number of urea groups is 1. The van der Waals surface area contributed by atoms with Gasteiger partial charge in [0.2, 0.25) is 5.91 Å². The van der Waals surface area contributed by atoms with Crippen LogP contribution in [0.4, 0.5) is 4.79 Å². The van der Waals surface area contributed by atoms with Crippen LogP contribution in [0.1, 0.15) is 24.5 Å². The van der Waals surface area contributed by atoms with Crippen molar-refractivity contribution >= 4 is 11.9 Å². The van der Waals surface area contributed by atoms with Crippen LogP contribution in [0.25, 0.3) is 0 Å². The van der Waals surface area contributed by atoms with Gasteiger partial charge in [-0.15, -0.1) is 0 Å². The first-order valence-electron chi connectivity index (χ1n) is 7.06. The molecule has 2 rings (SSSR count). The standard InChI is InChI=1S/C15H21N3O2/c1-2-16-15(20)17-14(19)11-18-9-5-8-12-6-3-4-7-13(12)10-18/h3-4,6-7H,2,5,8-11H2,1H3,(H2,16,17,19,20). The van der Waals surface area contributed by atoms with Gasteiger partial charge >= 0.3 is 6.03 Å². The molecule has 3 amide bonds. The van der Waals surface area contributed by atoms with Gasteiger partial charge in [-0.1, -0.05) is 24.3 Å². The van der Waals surface area contributed by atoms with E-state index in [0.29, 0.717) is 6.54 Å². The van der Waals surface area contributed by atoms with Crippen molar-refractivity contribution in [1.82, 2.24) is 15.5 Å². The molecule has 0 atom stereocenters. The van der Waals surface area contributed by atoms with Gasteiger partial charge in [-0.2, -0.15) is 0 Å². The van der Waals surface area contributed by atoms with Gasteiger partial charge in [0, 0.05) is 13.1 Å². The molecule has 20 heavy (non-hydrogen) atoms. The van der Waals surface area contributed by atoms with E-state index in [-0.39, 0.29) is 12.5 Å². The second kappa shape index (κ2) is 7.05. The summed E-state index contributed by atoms with van der Waals surface area (Å²) in [5.74, 6) is -0.254. The Morgan fingerprint density at radius 1 is 1.25 bits per heavy atom. The normalized spacial score (nSPS) is 15.1. The number of nitrogens with one attached hydrogen (secondary N) is 2. The summed E-state index contributed by atoms with van der Waals surface area (Å²) in [5, 5.41) is 4.89. The fourth-order valence-electron chi connectivity index (χ4n) is 2.48. The van der Waals surface area contributed by atoms with Crippen LogP contribution in [0, 0.1) is 0 Å². The Morgan fingerprint density at radius 2 is 2.00 bits per heavy atom. The second-order valence-electron chi connectivity index (χ2n) is 4.99. The largest absolute Gasteiger partial charge is 0.338 e. The lowest BCUT2D eigenvalue weighted by atomic mass is 10.0. The zero-order valence-corrected chi connectivity index (χ0v) is 11.8. The summed E-state index contributed by atoms with van der Waals surface area (Å²) in [4.78, 5) is 25.2. The molecule has 0 saturated heterocycles. The highest BCUT2D eigenvalue weighted by Gasteiger charge is 2.17. The Bertz CT molecular complexity index is 488. The maximum atomic E-state index is 11.8. The number of carbonyl (C=O) groups excluding carboxylic acids is 2. The van der Waals surface area contributed by atoms with Crippen LogP contribution in [-0.2, 0) is 17.8 Å². The number of amides is 3. The minimum absolute atomic E-state index is 0.254. The molecule has 0 fully saturated rings. The minimum Gasteiger partial charge on any atom is -0.338 e. The van der Waals surface area contributed by atoms with Crippen molar-refractivity contribution < 1.29 is 9.59 Å². The molecular weight excluding hydrogens is 254 g/mol. The molecule has 5 nitrogen and oxygen atoms in total. The third-order valence-electron chi connectivity index (χ3n) is 3.39. The van der Waals surface area contributed by atoms with Crippen molar-refractivity contribution in [2.45, 2.75) is 26.3 Å². The number of imide groups is 1. The average Bonchev–Trinajstić information content (AvgIpc) is 2.60. The molecule has 1 heterocycles. The smallest absolute Gasteiger partial charge is 0.321 e. The summed E-state index contributed by atoms with van der Waals surface area (Å²) in [5.41, 5.74) is 2.63. The predicted molar refractivity (Wildman–Crippen MR) is 77.3 cm³/mol. The minimum atomic E-state index is -0.423. The number of hydrogen-bond acceptors (Lipinski definition) is 3. The number of carbonyl (C=O) groups is 2. The lowest BCUT2D eigenvalue weighted by Gasteiger charge is -2.19. The molecule has 0 unspecified atom stereocenters. The average molecular weight is 275 g/mol. The van der Waals surface area contributed by atoms with Crippen LogP contribution in [0.2, 0.25) is 0 Å². The Kier molecular flexibility index (Phi) is 5.12. The lowest BCUT2D eigenvalue weighted by Crippen LogP contribution is -2.44. The zero-order valence-electron chi connectivity index (χ0n) is 11.8. The van der Waals surface area contributed by atoms with E-state index < -0.39 is 6.03 Å². The summed E-state index contributed by atoms with van der Waals surface area (Å²) in [7, 11) is 0. The van der Waals surface area contributed by atoms with Crippen LogP contribution in [0.15, 0.2) is 24.3 Å². The highest BCUT2D eigenvalue weighted by molar-refractivity contribution is 5.95. The maximum Gasteiger partial charge on any atom is 0.321 e. The first-order chi connectivity index (χ1) is 9.69. The quantitative estimate of drug-likeness (QED) is 0.873. The molecule has 0 aromatic heterocycles. The lowest BCUT2D eigenvalue weighted by molar-refractivity contribution is -0.121. The third kappa shape index (κ3) is 4.06. The molecule has 0 saturated carbocycles. The highest BCUT2D eigenvalue weighted by atomic mass is 16.2. The molecule has 0 bridgehead atoms. The summed E-state index contributed by atoms with van der Waals surface area (Å²) in [6.45, 7) is 4.22. The van der Waals surface area contributed by atoms with Gasteiger partial charge in [-0.25, -0.2) is 4.79 Å². The monoisotopic (exact) mass is 275 g/mol. The van der Waals surface area contributed by atoms with Gasteiger partial charge in [0.05, 0.1) is 6.54 Å². The molecule has 1 aliphatic rings. The van der Waals surface area contributed by atoms with Gasteiger partial charge in [0.25, 0.3) is 0 Å². The number of nitrogens with zero attached hydrogens (tertiary/aromatic N) is 1. The highest BCUT2D eigenvalue weighted by Crippen LogP contribution is 2.17. The molecule has 0 aliphatic carbocycles. The number of hydrogen-bond donors (Lipinski definition) is 2. The summed E-state index contributed by atoms with van der Waals surface area (Å²) >= 11 is 0. The van der Waals surface area contributed by atoms with Crippen LogP contribution in [0.5, 0.6) is 0 Å². The zero-order chi connectivity index (χ0) is 14.4. The fraction of sp³-hybridized carbons (Fsp3) is 0.467. The number of fused-ring (bicyclic) bond motifs is 1. The summed E-state index contributed by atoms with van der Waals surface area (Å²) in [6, 6.07) is 7.91. The number of benzene rings is 1. The third-order valence-corrected chi connectivity index (χ3v) is 3.39. The SMILES string of the molecule is CCNC(=O)NC(=O)CN1CCCc2ccccc2C1. The predicted octanol–water partition coefficient (Wildman–Crippen LogP) is 1.28. The molecule has 1 aromatic carbocycles. The van der Waals surface area contributed by atoms with E-state index in [1.165, 1.54) is 11.1 Å². The van der Waals surface area contributed by atoms with Crippen molar-refractivity contribution in [3.63, 3.8) is 0 Å². The Hall–Kier alpha value is -1.88. The molecular formula is C15H21N3O2. The fourth-order valence-corrected chi connectivity index (χ4v) is 2.48. The number of rotatable bonds is 3. The van der Waals surface area contributed by atoms with E-state index in [4.69, 9.17) is 0 Å². The van der Waals surface area contributed by atoms with E-state index in [0.717, 1.165) is 25.9 Å². The Labute approximate surface area is 119 Å². The Balaban J connectivity index is 1.90. The first-order valence-corrected chi connectivity index (χ1v) is 7.06. The maximum absolute atomic E-state index is 11.8. The van der Waals surface area contributed by atoms with Gasteiger partial charge in [-0.3, -0.25) is 15.0 Å². The van der Waals surface area contributed by atoms with E-state index in [2.05, 4.69) is 33.7 Å². The van der Waals surface area contributed by atoms with Crippen molar-refractivity contribution in [1.29, 1.82) is 0 Å². The topological polar surface area (TPSA) is 61.4 Å². The molecule has 2 N–H and O–H groups in total. The molecule has 0 spiro atoms. The van der Waals surface area contributed by atoms with Gasteiger partial charge in [0.1, 0.15) is 0 Å². The van der Waals surface area contributed by atoms with Crippen LogP contribution < -0.4 is 10.6 Å². The first kappa shape index (κ1) is 14.5. The van der Waals surface area contributed by atoms with E-state index >= 15 is 0 Å². The molecule has 5 heteroatoms.